The van der Waals surface area contributed by atoms with Crippen LogP contribution in [0, 0.1) is 0 Å². The quantitative estimate of drug-likeness (QED) is 0.818. The maximum Gasteiger partial charge on any atom is 0.310 e. The number of benzene rings is 1. The van der Waals surface area contributed by atoms with E-state index >= 15 is 0 Å². The number of ether oxygens (including phenoxy) is 1. The highest BCUT2D eigenvalue weighted by Crippen LogP contribution is 2.22. The molecule has 0 heterocycles. The highest BCUT2D eigenvalue weighted by atomic mass is 79.9. The van der Waals surface area contributed by atoms with Crippen LogP contribution in [-0.4, -0.2) is 23.0 Å². The van der Waals surface area contributed by atoms with Gasteiger partial charge in [-0.3, -0.25) is 4.79 Å². The van der Waals surface area contributed by atoms with Crippen molar-refractivity contribution in [3.8, 4) is 5.75 Å². The van der Waals surface area contributed by atoms with Crippen molar-refractivity contribution in [2.45, 2.75) is 19.3 Å². The molecule has 0 bridgehead atoms. The van der Waals surface area contributed by atoms with Crippen molar-refractivity contribution in [3.63, 3.8) is 0 Å². The number of hydrogen-bond acceptors (Lipinski definition) is 2. The van der Waals surface area contributed by atoms with E-state index in [0.717, 1.165) is 16.6 Å². The number of hydrogen-bond donors (Lipinski definition) is 1. The molecule has 3 nitrogen and oxygen atoms in total. The molecule has 4 heteroatoms. The summed E-state index contributed by atoms with van der Waals surface area (Å²) in [5.41, 5.74) is 0.821. The third-order valence-corrected chi connectivity index (χ3v) is 2.66. The molecule has 0 amide bonds. The summed E-state index contributed by atoms with van der Waals surface area (Å²) in [6.07, 6.45) is 0.594. The monoisotopic (exact) mass is 286 g/mol. The van der Waals surface area contributed by atoms with Gasteiger partial charge in [-0.2, -0.15) is 0 Å². The first-order valence-electron chi connectivity index (χ1n) is 5.20. The lowest BCUT2D eigenvalue weighted by molar-refractivity contribution is -0.138. The fourth-order valence-corrected chi connectivity index (χ4v) is 1.67. The molecule has 0 fully saturated rings. The predicted molar refractivity (Wildman–Crippen MR) is 66.4 cm³/mol. The van der Waals surface area contributed by atoms with E-state index in [0.29, 0.717) is 13.0 Å². The van der Waals surface area contributed by atoms with Gasteiger partial charge in [0.05, 0.1) is 12.5 Å². The summed E-state index contributed by atoms with van der Waals surface area (Å²) < 4.78 is 5.39. The van der Waals surface area contributed by atoms with Crippen molar-refractivity contribution < 1.29 is 14.6 Å². The Balaban J connectivity index is 2.73. The molecule has 0 aliphatic heterocycles. The molecule has 16 heavy (non-hydrogen) atoms. The maximum absolute atomic E-state index is 11.0. The second-order valence-electron chi connectivity index (χ2n) is 3.41. The maximum atomic E-state index is 11.0. The summed E-state index contributed by atoms with van der Waals surface area (Å²) in [5, 5.41) is 9.78. The van der Waals surface area contributed by atoms with Gasteiger partial charge in [-0.15, -0.1) is 0 Å². The molecule has 0 saturated heterocycles. The van der Waals surface area contributed by atoms with Crippen molar-refractivity contribution >= 4 is 21.9 Å². The van der Waals surface area contributed by atoms with E-state index in [4.69, 9.17) is 9.84 Å². The Hall–Kier alpha value is -1.03. The molecule has 1 unspecified atom stereocenters. The summed E-state index contributed by atoms with van der Waals surface area (Å²) >= 11 is 3.27. The Morgan fingerprint density at radius 2 is 2.06 bits per heavy atom. The van der Waals surface area contributed by atoms with Crippen LogP contribution in [0.4, 0.5) is 0 Å². The number of alkyl halides is 1. The predicted octanol–water partition coefficient (Wildman–Crippen LogP) is 3.04. The van der Waals surface area contributed by atoms with Crippen LogP contribution < -0.4 is 4.74 Å². The number of carboxylic acid groups (broad SMARTS) is 1. The lowest BCUT2D eigenvalue weighted by Crippen LogP contribution is -2.10. The number of carboxylic acids is 1. The Morgan fingerprint density at radius 3 is 2.50 bits per heavy atom. The molecule has 0 aromatic heterocycles. The van der Waals surface area contributed by atoms with E-state index < -0.39 is 11.9 Å². The molecule has 1 atom stereocenters. The summed E-state index contributed by atoms with van der Waals surface area (Å²) in [6, 6.07) is 7.24. The number of carbonyl (C=O) groups is 1. The van der Waals surface area contributed by atoms with Gasteiger partial charge in [0.25, 0.3) is 0 Å². The van der Waals surface area contributed by atoms with Gasteiger partial charge in [-0.05, 0) is 24.1 Å². The fraction of sp³-hybridized carbons (Fsp3) is 0.417. The fourth-order valence-electron chi connectivity index (χ4n) is 1.51. The second kappa shape index (κ2) is 6.53. The van der Waals surface area contributed by atoms with E-state index in [-0.39, 0.29) is 0 Å². The first kappa shape index (κ1) is 13.0. The van der Waals surface area contributed by atoms with E-state index in [1.807, 2.05) is 31.2 Å². The molecule has 0 saturated carbocycles. The molecule has 1 aromatic carbocycles. The topological polar surface area (TPSA) is 46.5 Å². The lowest BCUT2D eigenvalue weighted by Gasteiger charge is -2.11. The molecular formula is C12H15BrO3. The number of halogens is 1. The van der Waals surface area contributed by atoms with Gasteiger partial charge < -0.3 is 9.84 Å². The molecule has 0 spiro atoms. The zero-order valence-electron chi connectivity index (χ0n) is 9.15. The van der Waals surface area contributed by atoms with Gasteiger partial charge in [0, 0.05) is 5.33 Å². The summed E-state index contributed by atoms with van der Waals surface area (Å²) in [7, 11) is 0. The largest absolute Gasteiger partial charge is 0.493 e. The van der Waals surface area contributed by atoms with Crippen molar-refractivity contribution in [1.29, 1.82) is 0 Å². The van der Waals surface area contributed by atoms with Crippen molar-refractivity contribution in [2.75, 3.05) is 11.9 Å². The molecule has 1 aromatic rings. The standard InChI is InChI=1S/C12H15BrO3/c1-2-11(12(14)15)9-3-5-10(6-4-9)16-8-7-13/h3-6,11H,2,7-8H2,1H3,(H,14,15). The van der Waals surface area contributed by atoms with E-state index in [1.165, 1.54) is 0 Å². The van der Waals surface area contributed by atoms with E-state index in [2.05, 4.69) is 15.9 Å². The van der Waals surface area contributed by atoms with Crippen LogP contribution in [0.1, 0.15) is 24.8 Å². The van der Waals surface area contributed by atoms with Gasteiger partial charge in [0.2, 0.25) is 0 Å². The van der Waals surface area contributed by atoms with E-state index in [1.54, 1.807) is 0 Å². The normalized spacial score (nSPS) is 12.1. The minimum Gasteiger partial charge on any atom is -0.493 e. The third-order valence-electron chi connectivity index (χ3n) is 2.33. The Morgan fingerprint density at radius 1 is 1.44 bits per heavy atom. The number of rotatable bonds is 6. The first-order chi connectivity index (χ1) is 7.69. The SMILES string of the molecule is CCC(C(=O)O)c1ccc(OCCBr)cc1. The zero-order chi connectivity index (χ0) is 12.0. The average molecular weight is 287 g/mol. The van der Waals surface area contributed by atoms with Crippen molar-refractivity contribution in [3.05, 3.63) is 29.8 Å². The Labute approximate surface area is 104 Å². The third kappa shape index (κ3) is 3.52. The van der Waals surface area contributed by atoms with Crippen LogP contribution >= 0.6 is 15.9 Å². The van der Waals surface area contributed by atoms with Crippen molar-refractivity contribution in [2.24, 2.45) is 0 Å². The van der Waals surface area contributed by atoms with Gasteiger partial charge in [-0.25, -0.2) is 0 Å². The average Bonchev–Trinajstić information content (AvgIpc) is 2.28. The van der Waals surface area contributed by atoms with E-state index in [9.17, 15) is 4.79 Å². The summed E-state index contributed by atoms with van der Waals surface area (Å²) in [4.78, 5) is 11.0. The smallest absolute Gasteiger partial charge is 0.310 e. The minimum atomic E-state index is -0.781. The van der Waals surface area contributed by atoms with Gasteiger partial charge in [-0.1, -0.05) is 35.0 Å². The van der Waals surface area contributed by atoms with Crippen molar-refractivity contribution in [1.82, 2.24) is 0 Å². The zero-order valence-corrected chi connectivity index (χ0v) is 10.7. The molecule has 1 rings (SSSR count). The van der Waals surface area contributed by atoms with Gasteiger partial charge >= 0.3 is 5.97 Å². The van der Waals surface area contributed by atoms with Crippen LogP contribution in [0.5, 0.6) is 5.75 Å². The second-order valence-corrected chi connectivity index (χ2v) is 4.20. The molecule has 0 radical (unpaired) electrons. The van der Waals surface area contributed by atoms with Gasteiger partial charge in [0.15, 0.2) is 0 Å². The highest BCUT2D eigenvalue weighted by molar-refractivity contribution is 9.09. The van der Waals surface area contributed by atoms with Gasteiger partial charge in [0.1, 0.15) is 5.75 Å². The van der Waals surface area contributed by atoms with Crippen LogP contribution in [-0.2, 0) is 4.79 Å². The van der Waals surface area contributed by atoms with Crippen LogP contribution in [0.25, 0.3) is 0 Å². The Bertz CT molecular complexity index is 335. The minimum absolute atomic E-state index is 0.426. The summed E-state index contributed by atoms with van der Waals surface area (Å²) in [5.74, 6) is -0.440. The molecule has 0 aliphatic rings. The molecule has 88 valence electrons. The number of aliphatic carboxylic acids is 1. The first-order valence-corrected chi connectivity index (χ1v) is 6.32. The molecule has 0 aliphatic carbocycles. The summed E-state index contributed by atoms with van der Waals surface area (Å²) in [6.45, 7) is 2.48. The van der Waals surface area contributed by atoms with Crippen LogP contribution in [0.15, 0.2) is 24.3 Å². The molecule has 1 N–H and O–H groups in total. The molecular weight excluding hydrogens is 272 g/mol. The van der Waals surface area contributed by atoms with Crippen LogP contribution in [0.3, 0.4) is 0 Å². The lowest BCUT2D eigenvalue weighted by atomic mass is 9.97. The Kier molecular flexibility index (Phi) is 5.32. The highest BCUT2D eigenvalue weighted by Gasteiger charge is 2.16. The van der Waals surface area contributed by atoms with Crippen LogP contribution in [0.2, 0.25) is 0 Å².